The molecule has 0 heterocycles. The maximum absolute atomic E-state index is 12.4. The summed E-state index contributed by atoms with van der Waals surface area (Å²) in [6.07, 6.45) is 0.381. The van der Waals surface area contributed by atoms with Gasteiger partial charge >= 0.3 is 5.97 Å². The van der Waals surface area contributed by atoms with E-state index < -0.39 is 16.0 Å². The predicted molar refractivity (Wildman–Crippen MR) is 102 cm³/mol. The van der Waals surface area contributed by atoms with Gasteiger partial charge in [-0.15, -0.1) is 0 Å². The van der Waals surface area contributed by atoms with Crippen LogP contribution >= 0.6 is 0 Å². The number of carbonyl (C=O) groups is 2. The van der Waals surface area contributed by atoms with Gasteiger partial charge in [-0.25, -0.2) is 13.1 Å². The number of hydrogen-bond acceptors (Lipinski definition) is 4. The maximum atomic E-state index is 12.4. The van der Waals surface area contributed by atoms with E-state index in [9.17, 15) is 18.0 Å². The molecule has 0 atom stereocenters. The molecule has 0 aliphatic rings. The summed E-state index contributed by atoms with van der Waals surface area (Å²) in [6, 6.07) is 12.4. The normalized spacial score (nSPS) is 11.4. The molecule has 2 rings (SSSR count). The van der Waals surface area contributed by atoms with Crippen LogP contribution in [-0.2, 0) is 21.2 Å². The number of hydrogen-bond donors (Lipinski definition) is 3. The molecule has 0 bridgehead atoms. The van der Waals surface area contributed by atoms with Crippen LogP contribution in [0.3, 0.4) is 0 Å². The van der Waals surface area contributed by atoms with E-state index >= 15 is 0 Å². The third kappa shape index (κ3) is 6.19. The molecule has 0 aliphatic carbocycles. The molecule has 144 valence electrons. The van der Waals surface area contributed by atoms with E-state index in [-0.39, 0.29) is 23.3 Å². The quantitative estimate of drug-likeness (QED) is 0.641. The number of sulfonamides is 1. The van der Waals surface area contributed by atoms with Crippen molar-refractivity contribution in [3.05, 3.63) is 59.7 Å². The number of carbonyl (C=O) groups excluding carboxylic acids is 1. The summed E-state index contributed by atoms with van der Waals surface area (Å²) < 4.78 is 26.7. The average molecular weight is 390 g/mol. The first-order chi connectivity index (χ1) is 12.7. The molecule has 0 saturated carbocycles. The molecule has 0 fully saturated rings. The topological polar surface area (TPSA) is 113 Å². The molecule has 0 radical (unpaired) electrons. The second kappa shape index (κ2) is 8.79. The molecule has 2 aromatic rings. The molecule has 1 amide bonds. The highest BCUT2D eigenvalue weighted by Crippen LogP contribution is 2.15. The zero-order valence-corrected chi connectivity index (χ0v) is 15.9. The number of carboxylic acid groups (broad SMARTS) is 1. The standard InChI is InChI=1S/C19H22N2O5S/c1-13(2)21-27(25,26)17-9-7-15(8-10-17)19(24)20-16-5-3-4-14(12-16)6-11-18(22)23/h3-5,7-10,12-13,21H,6,11H2,1-2H3,(H,20,24)(H,22,23). The summed E-state index contributed by atoms with van der Waals surface area (Å²) in [5, 5.41) is 11.5. The molecule has 0 aliphatic heterocycles. The first-order valence-electron chi connectivity index (χ1n) is 8.42. The fourth-order valence-electron chi connectivity index (χ4n) is 2.42. The smallest absolute Gasteiger partial charge is 0.303 e. The third-order valence-electron chi connectivity index (χ3n) is 3.63. The second-order valence-electron chi connectivity index (χ2n) is 6.35. The van der Waals surface area contributed by atoms with E-state index in [1.807, 2.05) is 0 Å². The van der Waals surface area contributed by atoms with Crippen LogP contribution in [0, 0.1) is 0 Å². The zero-order valence-electron chi connectivity index (χ0n) is 15.1. The summed E-state index contributed by atoms with van der Waals surface area (Å²) in [7, 11) is -3.61. The van der Waals surface area contributed by atoms with Crippen LogP contribution < -0.4 is 10.0 Å². The number of amides is 1. The van der Waals surface area contributed by atoms with Gasteiger partial charge in [-0.1, -0.05) is 12.1 Å². The molecule has 0 spiro atoms. The van der Waals surface area contributed by atoms with Crippen molar-refractivity contribution in [2.75, 3.05) is 5.32 Å². The largest absolute Gasteiger partial charge is 0.481 e. The number of anilines is 1. The molecular weight excluding hydrogens is 368 g/mol. The Bertz CT molecular complexity index is 921. The molecule has 0 aromatic heterocycles. The lowest BCUT2D eigenvalue weighted by molar-refractivity contribution is -0.136. The van der Waals surface area contributed by atoms with Crippen LogP contribution in [0.1, 0.15) is 36.2 Å². The predicted octanol–water partition coefficient (Wildman–Crippen LogP) is 2.64. The monoisotopic (exact) mass is 390 g/mol. The number of carboxylic acids is 1. The van der Waals surface area contributed by atoms with Crippen molar-refractivity contribution in [1.29, 1.82) is 0 Å². The van der Waals surface area contributed by atoms with Crippen molar-refractivity contribution >= 4 is 27.6 Å². The lowest BCUT2D eigenvalue weighted by Crippen LogP contribution is -2.30. The van der Waals surface area contributed by atoms with Gasteiger partial charge < -0.3 is 10.4 Å². The summed E-state index contributed by atoms with van der Waals surface area (Å²) >= 11 is 0. The van der Waals surface area contributed by atoms with Crippen molar-refractivity contribution in [2.24, 2.45) is 0 Å². The van der Waals surface area contributed by atoms with Crippen LogP contribution in [0.5, 0.6) is 0 Å². The molecular formula is C19H22N2O5S. The van der Waals surface area contributed by atoms with Gasteiger partial charge in [0.1, 0.15) is 0 Å². The van der Waals surface area contributed by atoms with Crippen LogP contribution in [0.25, 0.3) is 0 Å². The van der Waals surface area contributed by atoms with E-state index in [1.54, 1.807) is 38.1 Å². The molecule has 8 heteroatoms. The van der Waals surface area contributed by atoms with Gasteiger partial charge in [0, 0.05) is 23.7 Å². The van der Waals surface area contributed by atoms with E-state index in [4.69, 9.17) is 5.11 Å². The maximum Gasteiger partial charge on any atom is 0.303 e. The molecule has 27 heavy (non-hydrogen) atoms. The number of aliphatic carboxylic acids is 1. The van der Waals surface area contributed by atoms with Crippen LogP contribution in [0.2, 0.25) is 0 Å². The summed E-state index contributed by atoms with van der Waals surface area (Å²) in [4.78, 5) is 23.1. The Morgan fingerprint density at radius 2 is 1.74 bits per heavy atom. The first-order valence-corrected chi connectivity index (χ1v) is 9.90. The third-order valence-corrected chi connectivity index (χ3v) is 5.30. The minimum atomic E-state index is -3.61. The number of rotatable bonds is 8. The van der Waals surface area contributed by atoms with Gasteiger partial charge in [0.2, 0.25) is 10.0 Å². The van der Waals surface area contributed by atoms with Gasteiger partial charge in [-0.2, -0.15) is 0 Å². The van der Waals surface area contributed by atoms with Crippen LogP contribution in [-0.4, -0.2) is 31.4 Å². The second-order valence-corrected chi connectivity index (χ2v) is 8.06. The fourth-order valence-corrected chi connectivity index (χ4v) is 3.67. The van der Waals surface area contributed by atoms with Crippen LogP contribution in [0.4, 0.5) is 5.69 Å². The van der Waals surface area contributed by atoms with Crippen molar-refractivity contribution < 1.29 is 23.1 Å². The van der Waals surface area contributed by atoms with Crippen molar-refractivity contribution in [1.82, 2.24) is 4.72 Å². The van der Waals surface area contributed by atoms with Gasteiger partial charge in [0.05, 0.1) is 4.90 Å². The summed E-state index contributed by atoms with van der Waals surface area (Å²) in [5.74, 6) is -1.27. The molecule has 2 aromatic carbocycles. The highest BCUT2D eigenvalue weighted by atomic mass is 32.2. The minimum absolute atomic E-state index is 0.0117. The lowest BCUT2D eigenvalue weighted by Gasteiger charge is -2.10. The van der Waals surface area contributed by atoms with Crippen molar-refractivity contribution in [3.63, 3.8) is 0 Å². The van der Waals surface area contributed by atoms with Gasteiger partial charge in [0.25, 0.3) is 5.91 Å². The zero-order chi connectivity index (χ0) is 20.0. The Kier molecular flexibility index (Phi) is 6.70. The molecule has 0 saturated heterocycles. The highest BCUT2D eigenvalue weighted by molar-refractivity contribution is 7.89. The average Bonchev–Trinajstić information content (AvgIpc) is 2.59. The summed E-state index contributed by atoms with van der Waals surface area (Å²) in [6.45, 7) is 3.45. The SMILES string of the molecule is CC(C)NS(=O)(=O)c1ccc(C(=O)Nc2cccc(CCC(=O)O)c2)cc1. The van der Waals surface area contributed by atoms with E-state index in [1.165, 1.54) is 24.3 Å². The number of benzene rings is 2. The Morgan fingerprint density at radius 1 is 1.07 bits per heavy atom. The van der Waals surface area contributed by atoms with Crippen LogP contribution in [0.15, 0.2) is 53.4 Å². The van der Waals surface area contributed by atoms with E-state index in [2.05, 4.69) is 10.0 Å². The Morgan fingerprint density at radius 3 is 2.33 bits per heavy atom. The minimum Gasteiger partial charge on any atom is -0.481 e. The Hall–Kier alpha value is -2.71. The van der Waals surface area contributed by atoms with Gasteiger partial charge in [-0.3, -0.25) is 9.59 Å². The first kappa shape index (κ1) is 20.6. The van der Waals surface area contributed by atoms with Gasteiger partial charge in [-0.05, 0) is 62.2 Å². The van der Waals surface area contributed by atoms with Crippen molar-refractivity contribution in [3.8, 4) is 0 Å². The van der Waals surface area contributed by atoms with Crippen molar-refractivity contribution in [2.45, 2.75) is 37.6 Å². The molecule has 0 unspecified atom stereocenters. The Labute approximate surface area is 158 Å². The molecule has 3 N–H and O–H groups in total. The van der Waals surface area contributed by atoms with E-state index in [0.29, 0.717) is 17.7 Å². The fraction of sp³-hybridized carbons (Fsp3) is 0.263. The van der Waals surface area contributed by atoms with Gasteiger partial charge in [0.15, 0.2) is 0 Å². The Balaban J connectivity index is 2.08. The van der Waals surface area contributed by atoms with E-state index in [0.717, 1.165) is 5.56 Å². The number of nitrogens with one attached hydrogen (secondary N) is 2. The highest BCUT2D eigenvalue weighted by Gasteiger charge is 2.16. The molecule has 7 nitrogen and oxygen atoms in total. The lowest BCUT2D eigenvalue weighted by atomic mass is 10.1. The summed E-state index contributed by atoms with van der Waals surface area (Å²) in [5.41, 5.74) is 1.66. The number of aryl methyl sites for hydroxylation is 1.